The number of fused-ring (bicyclic) bond motifs is 3. The van der Waals surface area contributed by atoms with Crippen molar-refractivity contribution in [2.24, 2.45) is 17.8 Å². The molecule has 18 heteroatoms. The molecule has 4 fully saturated rings. The number of aromatic nitrogens is 2. The van der Waals surface area contributed by atoms with Crippen LogP contribution in [0, 0.1) is 17.8 Å². The maximum Gasteiger partial charge on any atom is 0.405 e. The summed E-state index contributed by atoms with van der Waals surface area (Å²) in [6.07, 6.45) is 5.42. The van der Waals surface area contributed by atoms with Gasteiger partial charge in [0, 0.05) is 31.5 Å². The molecule has 1 aromatic carbocycles. The van der Waals surface area contributed by atoms with Crippen LogP contribution in [-0.4, -0.2) is 114 Å². The first-order valence-electron chi connectivity index (χ1n) is 19.4. The number of hydrogen-bond acceptors (Lipinski definition) is 11. The van der Waals surface area contributed by atoms with Crippen molar-refractivity contribution in [3.8, 4) is 11.6 Å². The van der Waals surface area contributed by atoms with E-state index in [4.69, 9.17) is 19.4 Å². The molecular weight excluding hydrogens is 750 g/mol. The minimum absolute atomic E-state index is 0.0513. The van der Waals surface area contributed by atoms with Gasteiger partial charge in [-0.3, -0.25) is 19.1 Å². The Morgan fingerprint density at radius 2 is 1.88 bits per heavy atom. The van der Waals surface area contributed by atoms with Gasteiger partial charge in [0.05, 0.1) is 24.6 Å². The van der Waals surface area contributed by atoms with Crippen LogP contribution in [0.3, 0.4) is 0 Å². The van der Waals surface area contributed by atoms with Gasteiger partial charge in [-0.25, -0.2) is 22.6 Å². The zero-order chi connectivity index (χ0) is 40.0. The zero-order valence-electron chi connectivity index (χ0n) is 31.8. The number of alkyl halides is 1. The number of hydrogen-bond donors (Lipinski definition) is 4. The van der Waals surface area contributed by atoms with E-state index in [9.17, 15) is 37.1 Å². The first kappa shape index (κ1) is 39.5. The first-order chi connectivity index (χ1) is 26.7. The number of allylic oxidation sites excluding steroid dienone is 1. The smallest absolute Gasteiger partial charge is 0.405 e. The fourth-order valence-electron chi connectivity index (χ4n) is 8.39. The number of rotatable bonds is 9. The van der Waals surface area contributed by atoms with Gasteiger partial charge in [-0.2, -0.15) is 4.98 Å². The lowest BCUT2D eigenvalue weighted by molar-refractivity contribution is -0.142. The third kappa shape index (κ3) is 7.68. The summed E-state index contributed by atoms with van der Waals surface area (Å²) in [5.74, 6) is -1.99. The van der Waals surface area contributed by atoms with Crippen molar-refractivity contribution >= 4 is 50.7 Å². The average Bonchev–Trinajstić information content (AvgIpc) is 3.97. The monoisotopic (exact) mass is 799 g/mol. The molecule has 304 valence electrons. The van der Waals surface area contributed by atoms with Crippen LogP contribution in [0.15, 0.2) is 30.4 Å². The third-order valence-corrected chi connectivity index (χ3v) is 14.2. The number of ether oxygens (including phenoxy) is 2. The van der Waals surface area contributed by atoms with Gasteiger partial charge < -0.3 is 35.0 Å². The van der Waals surface area contributed by atoms with Gasteiger partial charge in [0.1, 0.15) is 40.9 Å². The van der Waals surface area contributed by atoms with Crippen LogP contribution in [0.5, 0.6) is 11.6 Å². The summed E-state index contributed by atoms with van der Waals surface area (Å²) in [7, 11) is -2.85. The average molecular weight is 800 g/mol. The molecule has 2 aliphatic carbocycles. The van der Waals surface area contributed by atoms with E-state index in [0.29, 0.717) is 41.9 Å². The van der Waals surface area contributed by atoms with Crippen LogP contribution in [0.2, 0.25) is 0 Å². The van der Waals surface area contributed by atoms with Crippen molar-refractivity contribution in [3.05, 3.63) is 30.4 Å². The summed E-state index contributed by atoms with van der Waals surface area (Å²) in [6.45, 7) is 4.07. The standard InChI is InChI=1S/C38H50FN7O9S/c1-22-8-4-5-9-24-19-38(24,34(49)44-56(52,53)37(21-39)12-13-37)43-31(47)29-18-26(20-46(29)33(48)30(23(2)16-22)41-36(50)51)55-32-27-11-10-25(54-3)17-28(27)40-35(42-32)45-14-6-7-15-45/h5,9-11,17,22-24,26,29-30,41H,4,6-8,12-16,18-21H2,1-3H3,(H,43,47)(H,44,49)(H,50,51)/b9-5-/t22-,23-,24-,26-,29+,30+,38-/m1/s1. The van der Waals surface area contributed by atoms with E-state index in [1.54, 1.807) is 38.3 Å². The Labute approximate surface area is 325 Å². The molecule has 56 heavy (non-hydrogen) atoms. The van der Waals surface area contributed by atoms with E-state index in [-0.39, 0.29) is 44.0 Å². The molecule has 4 heterocycles. The summed E-state index contributed by atoms with van der Waals surface area (Å²) >= 11 is 0. The van der Waals surface area contributed by atoms with Gasteiger partial charge in [-0.05, 0) is 75.3 Å². The number of sulfonamides is 1. The lowest BCUT2D eigenvalue weighted by Crippen LogP contribution is -2.59. The molecule has 5 aliphatic rings. The minimum Gasteiger partial charge on any atom is -0.497 e. The summed E-state index contributed by atoms with van der Waals surface area (Å²) in [5, 5.41) is 15.6. The van der Waals surface area contributed by atoms with Crippen LogP contribution < -0.4 is 29.7 Å². The molecule has 0 radical (unpaired) electrons. The molecule has 7 rings (SSSR count). The van der Waals surface area contributed by atoms with Crippen LogP contribution >= 0.6 is 0 Å². The predicted octanol–water partition coefficient (Wildman–Crippen LogP) is 3.06. The van der Waals surface area contributed by atoms with Crippen molar-refractivity contribution in [3.63, 3.8) is 0 Å². The zero-order valence-corrected chi connectivity index (χ0v) is 32.6. The highest BCUT2D eigenvalue weighted by molar-refractivity contribution is 7.91. The number of carboxylic acid groups (broad SMARTS) is 1. The van der Waals surface area contributed by atoms with Gasteiger partial charge >= 0.3 is 6.09 Å². The SMILES string of the molecule is COc1ccc2c(O[C@@H]3C[C@H]4C(=O)N[C@]5(C(=O)NS(=O)(=O)C6(CF)CC6)C[C@H]5/C=C\CC[C@@H](C)C[C@@H](C)[C@H](NC(=O)O)C(=O)N4C3)nc(N3CCCC3)nc2c1. The van der Waals surface area contributed by atoms with Gasteiger partial charge in [0.15, 0.2) is 0 Å². The summed E-state index contributed by atoms with van der Waals surface area (Å²) in [5.41, 5.74) is -1.10. The Balaban J connectivity index is 1.23. The van der Waals surface area contributed by atoms with E-state index in [0.717, 1.165) is 25.9 Å². The number of amides is 4. The number of anilines is 1. The highest BCUT2D eigenvalue weighted by atomic mass is 32.2. The van der Waals surface area contributed by atoms with Crippen LogP contribution in [-0.2, 0) is 24.4 Å². The molecule has 0 bridgehead atoms. The van der Waals surface area contributed by atoms with Crippen molar-refractivity contribution in [2.75, 3.05) is 38.3 Å². The third-order valence-electron chi connectivity index (χ3n) is 12.1. The van der Waals surface area contributed by atoms with E-state index in [2.05, 4.69) is 20.3 Å². The number of halogens is 1. The molecule has 7 atom stereocenters. The predicted molar refractivity (Wildman–Crippen MR) is 202 cm³/mol. The van der Waals surface area contributed by atoms with E-state index < -0.39 is 80.8 Å². The van der Waals surface area contributed by atoms with Gasteiger partial charge in [0.2, 0.25) is 33.7 Å². The molecule has 16 nitrogen and oxygen atoms in total. The number of benzene rings is 1. The fraction of sp³-hybridized carbons (Fsp3) is 0.632. The summed E-state index contributed by atoms with van der Waals surface area (Å²) < 4.78 is 52.6. The van der Waals surface area contributed by atoms with E-state index >= 15 is 0 Å². The molecule has 0 unspecified atom stereocenters. The fourth-order valence-corrected chi connectivity index (χ4v) is 9.81. The molecule has 4 amide bonds. The number of carbonyl (C=O) groups excluding carboxylic acids is 3. The number of nitrogens with one attached hydrogen (secondary N) is 3. The Hall–Kier alpha value is -4.74. The number of methoxy groups -OCH3 is 1. The topological polar surface area (TPSA) is 209 Å². The number of carbonyl (C=O) groups is 4. The minimum atomic E-state index is -4.40. The highest BCUT2D eigenvalue weighted by Crippen LogP contribution is 2.48. The lowest BCUT2D eigenvalue weighted by Gasteiger charge is -2.32. The van der Waals surface area contributed by atoms with Gasteiger partial charge in [-0.15, -0.1) is 0 Å². The maximum atomic E-state index is 14.5. The molecule has 2 aromatic rings. The van der Waals surface area contributed by atoms with E-state index in [1.807, 2.05) is 13.0 Å². The highest BCUT2D eigenvalue weighted by Gasteiger charge is 2.64. The molecule has 0 spiro atoms. The quantitative estimate of drug-likeness (QED) is 0.270. The molecular formula is C38H50FN7O9S. The Morgan fingerprint density at radius 1 is 1.12 bits per heavy atom. The summed E-state index contributed by atoms with van der Waals surface area (Å²) in [4.78, 5) is 67.8. The molecule has 2 saturated carbocycles. The largest absolute Gasteiger partial charge is 0.497 e. The van der Waals surface area contributed by atoms with Gasteiger partial charge in [0.25, 0.3) is 5.91 Å². The first-order valence-corrected chi connectivity index (χ1v) is 20.9. The Morgan fingerprint density at radius 3 is 2.55 bits per heavy atom. The normalized spacial score (nSPS) is 30.9. The summed E-state index contributed by atoms with van der Waals surface area (Å²) in [6, 6.07) is 2.85. The van der Waals surface area contributed by atoms with Crippen LogP contribution in [0.4, 0.5) is 15.1 Å². The second-order valence-corrected chi connectivity index (χ2v) is 18.2. The van der Waals surface area contributed by atoms with E-state index in [1.165, 1.54) is 4.90 Å². The molecule has 4 N–H and O–H groups in total. The molecule has 3 aliphatic heterocycles. The van der Waals surface area contributed by atoms with Crippen molar-refractivity contribution in [2.45, 2.75) is 100 Å². The Bertz CT molecular complexity index is 2020. The van der Waals surface area contributed by atoms with Crippen molar-refractivity contribution in [1.82, 2.24) is 30.2 Å². The van der Waals surface area contributed by atoms with Crippen LogP contribution in [0.25, 0.3) is 10.9 Å². The number of nitrogens with zero attached hydrogens (tertiary/aromatic N) is 4. The lowest BCUT2D eigenvalue weighted by atomic mass is 9.88. The Kier molecular flexibility index (Phi) is 10.8. The molecule has 1 aromatic heterocycles. The second-order valence-electron chi connectivity index (χ2n) is 16.2. The van der Waals surface area contributed by atoms with Crippen molar-refractivity contribution < 1.29 is 46.6 Å². The maximum absolute atomic E-state index is 14.5. The van der Waals surface area contributed by atoms with Gasteiger partial charge in [-0.1, -0.05) is 26.0 Å². The molecule has 2 saturated heterocycles. The second kappa shape index (κ2) is 15.3. The van der Waals surface area contributed by atoms with Crippen molar-refractivity contribution in [1.29, 1.82) is 0 Å². The van der Waals surface area contributed by atoms with Crippen LogP contribution in [0.1, 0.15) is 71.6 Å².